The van der Waals surface area contributed by atoms with Gasteiger partial charge in [0.25, 0.3) is 0 Å². The van der Waals surface area contributed by atoms with E-state index in [1.807, 2.05) is 0 Å². The number of nitrogens with one attached hydrogen (secondary N) is 2. The van der Waals surface area contributed by atoms with Crippen LogP contribution in [0.4, 0.5) is 34.9 Å². The number of benzene rings is 1. The third kappa shape index (κ3) is 3.82. The number of nitrogen functional groups attached to an aromatic ring is 1. The molecule has 0 fully saturated rings. The van der Waals surface area contributed by atoms with Crippen molar-refractivity contribution in [2.75, 3.05) is 10.7 Å². The predicted octanol–water partition coefficient (Wildman–Crippen LogP) is 4.03. The molecule has 1 heterocycles. The van der Waals surface area contributed by atoms with Gasteiger partial charge in [-0.15, -0.1) is 0 Å². The van der Waals surface area contributed by atoms with Crippen molar-refractivity contribution in [3.8, 4) is 0 Å². The topological polar surface area (TPSA) is 63.0 Å². The van der Waals surface area contributed by atoms with E-state index < -0.39 is 17.6 Å². The summed E-state index contributed by atoms with van der Waals surface area (Å²) in [6, 6.07) is 5.54. The first-order chi connectivity index (χ1) is 9.79. The second-order valence-electron chi connectivity index (χ2n) is 4.02. The highest BCUT2D eigenvalue weighted by atomic mass is 79.9. The molecule has 0 amide bonds. The fraction of sp³-hybridized carbons (Fsp3) is 0.0833. The maximum atomic E-state index is 13.1. The Balaban J connectivity index is 2.36. The molecule has 1 aromatic heterocycles. The van der Waals surface area contributed by atoms with Crippen molar-refractivity contribution in [1.29, 1.82) is 0 Å². The summed E-state index contributed by atoms with van der Waals surface area (Å²) in [5.41, 5.74) is 1.53. The number of pyridine rings is 1. The van der Waals surface area contributed by atoms with E-state index in [0.717, 1.165) is 12.1 Å². The van der Waals surface area contributed by atoms with Gasteiger partial charge in [-0.2, -0.15) is 13.2 Å². The molecule has 0 unspecified atom stereocenters. The highest BCUT2D eigenvalue weighted by molar-refractivity contribution is 9.10. The molecule has 4 N–H and O–H groups in total. The van der Waals surface area contributed by atoms with Gasteiger partial charge < -0.3 is 10.7 Å². The average molecular weight is 365 g/mol. The maximum Gasteiger partial charge on any atom is 0.416 e. The highest BCUT2D eigenvalue weighted by Gasteiger charge is 2.31. The zero-order chi connectivity index (χ0) is 15.6. The molecule has 0 atom stereocenters. The van der Waals surface area contributed by atoms with Gasteiger partial charge in [0, 0.05) is 5.69 Å². The van der Waals surface area contributed by atoms with Crippen molar-refractivity contribution in [3.05, 3.63) is 46.2 Å². The smallest absolute Gasteiger partial charge is 0.340 e. The second-order valence-corrected chi connectivity index (χ2v) is 4.88. The Morgan fingerprint density at radius 3 is 2.33 bits per heavy atom. The number of hydrogen-bond acceptors (Lipinski definition) is 4. The monoisotopic (exact) mass is 364 g/mol. The number of anilines is 3. The van der Waals surface area contributed by atoms with Gasteiger partial charge in [0.2, 0.25) is 0 Å². The Morgan fingerprint density at radius 2 is 1.76 bits per heavy atom. The Morgan fingerprint density at radius 1 is 1.10 bits per heavy atom. The molecule has 21 heavy (non-hydrogen) atoms. The van der Waals surface area contributed by atoms with E-state index >= 15 is 0 Å². The normalized spacial score (nSPS) is 11.3. The molecule has 2 aromatic rings. The van der Waals surface area contributed by atoms with E-state index in [2.05, 4.69) is 31.7 Å². The molecule has 0 spiro atoms. The number of nitrogens with zero attached hydrogens (tertiary/aromatic N) is 1. The van der Waals surface area contributed by atoms with Crippen molar-refractivity contribution < 1.29 is 17.6 Å². The van der Waals surface area contributed by atoms with Crippen LogP contribution >= 0.6 is 15.9 Å². The predicted molar refractivity (Wildman–Crippen MR) is 74.4 cm³/mol. The van der Waals surface area contributed by atoms with Crippen LogP contribution in [-0.2, 0) is 6.18 Å². The van der Waals surface area contributed by atoms with Crippen molar-refractivity contribution >= 4 is 33.3 Å². The third-order valence-electron chi connectivity index (χ3n) is 2.49. The Bertz CT molecular complexity index is 660. The van der Waals surface area contributed by atoms with Gasteiger partial charge in [-0.3, -0.25) is 0 Å². The van der Waals surface area contributed by atoms with Crippen LogP contribution in [0.2, 0.25) is 0 Å². The van der Waals surface area contributed by atoms with Gasteiger partial charge in [0.15, 0.2) is 0 Å². The lowest BCUT2D eigenvalue weighted by Gasteiger charge is -2.12. The zero-order valence-corrected chi connectivity index (χ0v) is 11.9. The maximum absolute atomic E-state index is 13.1. The van der Waals surface area contributed by atoms with Gasteiger partial charge in [-0.25, -0.2) is 15.2 Å². The fourth-order valence-electron chi connectivity index (χ4n) is 1.55. The Labute approximate surface area is 125 Å². The van der Waals surface area contributed by atoms with E-state index in [-0.39, 0.29) is 16.1 Å². The van der Waals surface area contributed by atoms with Crippen molar-refractivity contribution in [1.82, 2.24) is 4.98 Å². The minimum Gasteiger partial charge on any atom is -0.340 e. The van der Waals surface area contributed by atoms with E-state index in [9.17, 15) is 17.6 Å². The SMILES string of the molecule is NNc1cc(C(F)(F)F)cc(Nc2ccc(F)c(Br)c2)n1. The second kappa shape index (κ2) is 5.86. The molecule has 0 saturated heterocycles. The standard InChI is InChI=1S/C12H9BrF4N4/c13-8-5-7(1-2-9(8)14)19-10-3-6(12(15,16)17)4-11(20-10)21-18/h1-5H,18H2,(H2,19,20,21). The highest BCUT2D eigenvalue weighted by Crippen LogP contribution is 2.32. The van der Waals surface area contributed by atoms with E-state index in [4.69, 9.17) is 5.84 Å². The molecule has 0 aliphatic heterocycles. The van der Waals surface area contributed by atoms with Crippen LogP contribution in [0.3, 0.4) is 0 Å². The van der Waals surface area contributed by atoms with Crippen LogP contribution in [0.15, 0.2) is 34.8 Å². The first kappa shape index (κ1) is 15.5. The van der Waals surface area contributed by atoms with Crippen LogP contribution in [0.25, 0.3) is 0 Å². The molecule has 1 aromatic carbocycles. The van der Waals surface area contributed by atoms with Gasteiger partial charge in [-0.1, -0.05) is 0 Å². The minimum atomic E-state index is -4.53. The number of rotatable bonds is 3. The molecule has 0 bridgehead atoms. The first-order valence-electron chi connectivity index (χ1n) is 5.57. The van der Waals surface area contributed by atoms with Gasteiger partial charge >= 0.3 is 6.18 Å². The molecule has 0 aliphatic rings. The summed E-state index contributed by atoms with van der Waals surface area (Å²) in [5.74, 6) is 4.40. The van der Waals surface area contributed by atoms with Crippen LogP contribution < -0.4 is 16.6 Å². The van der Waals surface area contributed by atoms with E-state index in [1.54, 1.807) is 0 Å². The molecule has 2 rings (SSSR count). The van der Waals surface area contributed by atoms with Crippen LogP contribution in [0, 0.1) is 5.82 Å². The Hall–Kier alpha value is -1.87. The number of hydrazine groups is 1. The number of alkyl halides is 3. The van der Waals surface area contributed by atoms with Crippen molar-refractivity contribution in [3.63, 3.8) is 0 Å². The van der Waals surface area contributed by atoms with Gasteiger partial charge in [0.1, 0.15) is 17.5 Å². The zero-order valence-electron chi connectivity index (χ0n) is 10.3. The summed E-state index contributed by atoms with van der Waals surface area (Å²) in [4.78, 5) is 3.86. The van der Waals surface area contributed by atoms with Crippen LogP contribution in [0.1, 0.15) is 5.56 Å². The third-order valence-corrected chi connectivity index (χ3v) is 3.10. The quantitative estimate of drug-likeness (QED) is 0.437. The van der Waals surface area contributed by atoms with Crippen LogP contribution in [0.5, 0.6) is 0 Å². The molecule has 112 valence electrons. The number of nitrogens with two attached hydrogens (primary N) is 1. The minimum absolute atomic E-state index is 0.0729. The number of aromatic nitrogens is 1. The lowest BCUT2D eigenvalue weighted by atomic mass is 10.2. The molecule has 4 nitrogen and oxygen atoms in total. The molecular weight excluding hydrogens is 356 g/mol. The Kier molecular flexibility index (Phi) is 4.33. The van der Waals surface area contributed by atoms with Crippen molar-refractivity contribution in [2.24, 2.45) is 5.84 Å². The van der Waals surface area contributed by atoms with E-state index in [0.29, 0.717) is 5.69 Å². The summed E-state index contributed by atoms with van der Waals surface area (Å²) in [7, 11) is 0. The molecule has 9 heteroatoms. The molecule has 0 aliphatic carbocycles. The summed E-state index contributed by atoms with van der Waals surface area (Å²) >= 11 is 2.99. The lowest BCUT2D eigenvalue weighted by Crippen LogP contribution is -2.13. The van der Waals surface area contributed by atoms with E-state index in [1.165, 1.54) is 18.2 Å². The average Bonchev–Trinajstić information content (AvgIpc) is 2.41. The van der Waals surface area contributed by atoms with Crippen LogP contribution in [-0.4, -0.2) is 4.98 Å². The summed E-state index contributed by atoms with van der Waals surface area (Å²) in [6.45, 7) is 0. The number of halogens is 5. The number of hydrogen-bond donors (Lipinski definition) is 3. The molecule has 0 saturated carbocycles. The van der Waals surface area contributed by atoms with Gasteiger partial charge in [-0.05, 0) is 46.3 Å². The summed E-state index contributed by atoms with van der Waals surface area (Å²) < 4.78 is 51.6. The van der Waals surface area contributed by atoms with Gasteiger partial charge in [0.05, 0.1) is 10.0 Å². The molecule has 0 radical (unpaired) electrons. The summed E-state index contributed by atoms with van der Waals surface area (Å²) in [6.07, 6.45) is -4.53. The summed E-state index contributed by atoms with van der Waals surface area (Å²) in [5, 5.41) is 2.66. The van der Waals surface area contributed by atoms with Crippen molar-refractivity contribution in [2.45, 2.75) is 6.18 Å². The first-order valence-corrected chi connectivity index (χ1v) is 6.37. The largest absolute Gasteiger partial charge is 0.416 e. The fourth-order valence-corrected chi connectivity index (χ4v) is 1.93. The lowest BCUT2D eigenvalue weighted by molar-refractivity contribution is -0.137. The molecular formula is C12H9BrF4N4.